The molecule has 4 nitrogen and oxygen atoms in total. The molecule has 0 aliphatic carbocycles. The maximum Gasteiger partial charge on any atom is 0.257 e. The Labute approximate surface area is 134 Å². The fourth-order valence-corrected chi connectivity index (χ4v) is 2.93. The highest BCUT2D eigenvalue weighted by molar-refractivity contribution is 6.30. The van der Waals surface area contributed by atoms with Gasteiger partial charge in [0.25, 0.3) is 5.91 Å². The summed E-state index contributed by atoms with van der Waals surface area (Å²) in [4.78, 5) is 14.5. The van der Waals surface area contributed by atoms with Crippen molar-refractivity contribution < 1.29 is 9.90 Å². The van der Waals surface area contributed by atoms with E-state index in [0.29, 0.717) is 22.7 Å². The fourth-order valence-electron chi connectivity index (χ4n) is 2.75. The van der Waals surface area contributed by atoms with Crippen molar-refractivity contribution in [2.75, 3.05) is 11.9 Å². The van der Waals surface area contributed by atoms with Crippen LogP contribution in [-0.4, -0.2) is 22.5 Å². The molecule has 114 valence electrons. The molecule has 1 amide bonds. The molecule has 3 rings (SSSR count). The van der Waals surface area contributed by atoms with Crippen LogP contribution >= 0.6 is 11.6 Å². The van der Waals surface area contributed by atoms with Crippen molar-refractivity contribution in [1.82, 2.24) is 4.90 Å². The first-order chi connectivity index (χ1) is 10.6. The predicted octanol–water partition coefficient (Wildman–Crippen LogP) is 4.02. The summed E-state index contributed by atoms with van der Waals surface area (Å²) < 4.78 is 0. The molecule has 0 spiro atoms. The van der Waals surface area contributed by atoms with Crippen LogP contribution in [0.4, 0.5) is 5.69 Å². The molecular formula is C17H17ClN2O2. The van der Waals surface area contributed by atoms with Crippen LogP contribution in [-0.2, 0) is 0 Å². The molecular weight excluding hydrogens is 300 g/mol. The molecule has 2 aromatic rings. The van der Waals surface area contributed by atoms with Crippen LogP contribution in [0.1, 0.15) is 35.4 Å². The normalized spacial score (nSPS) is 17.1. The molecule has 0 radical (unpaired) electrons. The lowest BCUT2D eigenvalue weighted by molar-refractivity contribution is 0.0681. The molecule has 0 saturated heterocycles. The first-order valence-electron chi connectivity index (χ1n) is 7.26. The highest BCUT2D eigenvalue weighted by atomic mass is 35.5. The Bertz CT molecular complexity index is 718. The number of rotatable bonds is 3. The summed E-state index contributed by atoms with van der Waals surface area (Å²) in [7, 11) is 0. The number of hydrogen-bond donors (Lipinski definition) is 2. The van der Waals surface area contributed by atoms with E-state index in [4.69, 9.17) is 11.6 Å². The van der Waals surface area contributed by atoms with E-state index in [2.05, 4.69) is 5.32 Å². The Kier molecular flexibility index (Phi) is 3.94. The number of carbonyl (C=O) groups excluding carboxylic acids is 1. The average molecular weight is 317 g/mol. The highest BCUT2D eigenvalue weighted by Gasteiger charge is 2.33. The fraction of sp³-hybridized carbons (Fsp3) is 0.235. The summed E-state index contributed by atoms with van der Waals surface area (Å²) in [5.74, 6) is 0.0794. The Balaban J connectivity index is 2.09. The van der Waals surface area contributed by atoms with Gasteiger partial charge in [0.1, 0.15) is 11.9 Å². The third-order valence-electron chi connectivity index (χ3n) is 3.77. The zero-order valence-corrected chi connectivity index (χ0v) is 13.0. The molecule has 0 aromatic heterocycles. The van der Waals surface area contributed by atoms with E-state index < -0.39 is 6.17 Å². The number of carbonyl (C=O) groups is 1. The molecule has 0 unspecified atom stereocenters. The number of para-hydroxylation sites is 1. The van der Waals surface area contributed by atoms with Crippen LogP contribution in [0.15, 0.2) is 42.5 Å². The minimum Gasteiger partial charge on any atom is -0.508 e. The van der Waals surface area contributed by atoms with Gasteiger partial charge in [0, 0.05) is 22.8 Å². The number of anilines is 1. The van der Waals surface area contributed by atoms with Crippen molar-refractivity contribution >= 4 is 23.2 Å². The van der Waals surface area contributed by atoms with Crippen LogP contribution in [0.3, 0.4) is 0 Å². The number of benzene rings is 2. The van der Waals surface area contributed by atoms with Crippen LogP contribution in [0, 0.1) is 0 Å². The maximum atomic E-state index is 12.8. The molecule has 0 saturated carbocycles. The molecule has 1 aliphatic heterocycles. The van der Waals surface area contributed by atoms with E-state index in [9.17, 15) is 9.90 Å². The van der Waals surface area contributed by atoms with Crippen molar-refractivity contribution in [2.24, 2.45) is 0 Å². The lowest BCUT2D eigenvalue weighted by atomic mass is 10.0. The van der Waals surface area contributed by atoms with Crippen molar-refractivity contribution in [2.45, 2.75) is 19.5 Å². The van der Waals surface area contributed by atoms with Gasteiger partial charge in [0.05, 0.1) is 5.56 Å². The Morgan fingerprint density at radius 1 is 1.27 bits per heavy atom. The monoisotopic (exact) mass is 316 g/mol. The number of amides is 1. The van der Waals surface area contributed by atoms with Gasteiger partial charge in [-0.15, -0.1) is 0 Å². The Hall–Kier alpha value is -2.20. The molecule has 5 heteroatoms. The van der Waals surface area contributed by atoms with Crippen LogP contribution < -0.4 is 5.32 Å². The second-order valence-corrected chi connectivity index (χ2v) is 5.73. The van der Waals surface area contributed by atoms with Crippen LogP contribution in [0.5, 0.6) is 5.75 Å². The summed E-state index contributed by atoms with van der Waals surface area (Å²) in [6.45, 7) is 2.61. The largest absolute Gasteiger partial charge is 0.508 e. The SMILES string of the molecule is CCCN1C(=O)c2ccccc2N[C@@H]1c1cc(Cl)ccc1O. The van der Waals surface area contributed by atoms with Gasteiger partial charge >= 0.3 is 0 Å². The van der Waals surface area contributed by atoms with Crippen molar-refractivity contribution in [3.8, 4) is 5.75 Å². The molecule has 22 heavy (non-hydrogen) atoms. The molecule has 1 atom stereocenters. The van der Waals surface area contributed by atoms with E-state index in [1.165, 1.54) is 0 Å². The van der Waals surface area contributed by atoms with Crippen molar-refractivity contribution in [1.29, 1.82) is 0 Å². The van der Waals surface area contributed by atoms with Gasteiger partial charge in [0.15, 0.2) is 0 Å². The van der Waals surface area contributed by atoms with Gasteiger partial charge in [-0.25, -0.2) is 0 Å². The van der Waals surface area contributed by atoms with E-state index in [1.54, 1.807) is 29.2 Å². The van der Waals surface area contributed by atoms with Gasteiger partial charge < -0.3 is 15.3 Å². The van der Waals surface area contributed by atoms with Gasteiger partial charge in [-0.05, 0) is 36.8 Å². The lowest BCUT2D eigenvalue weighted by Crippen LogP contribution is -2.43. The topological polar surface area (TPSA) is 52.6 Å². The molecule has 1 aliphatic rings. The van der Waals surface area contributed by atoms with Crippen molar-refractivity contribution in [3.63, 3.8) is 0 Å². The zero-order valence-electron chi connectivity index (χ0n) is 12.2. The molecule has 2 aromatic carbocycles. The van der Waals surface area contributed by atoms with Gasteiger partial charge in [-0.3, -0.25) is 4.79 Å². The van der Waals surface area contributed by atoms with Crippen molar-refractivity contribution in [3.05, 3.63) is 58.6 Å². The number of hydrogen-bond acceptors (Lipinski definition) is 3. The Morgan fingerprint density at radius 2 is 2.05 bits per heavy atom. The quantitative estimate of drug-likeness (QED) is 0.899. The summed E-state index contributed by atoms with van der Waals surface area (Å²) in [6, 6.07) is 12.3. The lowest BCUT2D eigenvalue weighted by Gasteiger charge is -2.38. The summed E-state index contributed by atoms with van der Waals surface area (Å²) in [6.07, 6.45) is 0.397. The van der Waals surface area contributed by atoms with Gasteiger partial charge in [-0.1, -0.05) is 30.7 Å². The van der Waals surface area contributed by atoms with Gasteiger partial charge in [-0.2, -0.15) is 0 Å². The minimum absolute atomic E-state index is 0.0411. The number of phenols is 1. The first kappa shape index (κ1) is 14.7. The van der Waals surface area contributed by atoms with E-state index in [-0.39, 0.29) is 11.7 Å². The molecule has 2 N–H and O–H groups in total. The molecule has 1 heterocycles. The minimum atomic E-state index is -0.430. The van der Waals surface area contributed by atoms with E-state index in [1.807, 2.05) is 25.1 Å². The maximum absolute atomic E-state index is 12.8. The number of nitrogens with one attached hydrogen (secondary N) is 1. The number of halogens is 1. The number of nitrogens with zero attached hydrogens (tertiary/aromatic N) is 1. The Morgan fingerprint density at radius 3 is 2.82 bits per heavy atom. The predicted molar refractivity (Wildman–Crippen MR) is 87.3 cm³/mol. The third kappa shape index (κ3) is 2.50. The number of phenolic OH excluding ortho intramolecular Hbond substituents is 1. The van der Waals surface area contributed by atoms with Gasteiger partial charge in [0.2, 0.25) is 0 Å². The second kappa shape index (κ2) is 5.89. The molecule has 0 bridgehead atoms. The van der Waals surface area contributed by atoms with E-state index >= 15 is 0 Å². The number of aromatic hydroxyl groups is 1. The third-order valence-corrected chi connectivity index (χ3v) is 4.01. The number of fused-ring (bicyclic) bond motifs is 1. The molecule has 0 fully saturated rings. The summed E-state index contributed by atoms with van der Waals surface area (Å²) in [5.41, 5.74) is 2.02. The standard InChI is InChI=1S/C17H17ClN2O2/c1-2-9-20-16(13-10-11(18)7-8-15(13)21)19-14-6-4-3-5-12(14)17(20)22/h3-8,10,16,19,21H,2,9H2,1H3/t16-/m0/s1. The average Bonchev–Trinajstić information content (AvgIpc) is 2.52. The van der Waals surface area contributed by atoms with E-state index in [0.717, 1.165) is 12.1 Å². The second-order valence-electron chi connectivity index (χ2n) is 5.29. The van der Waals surface area contributed by atoms with Crippen LogP contribution in [0.2, 0.25) is 5.02 Å². The summed E-state index contributed by atoms with van der Waals surface area (Å²) in [5, 5.41) is 14.0. The first-order valence-corrected chi connectivity index (χ1v) is 7.64. The smallest absolute Gasteiger partial charge is 0.257 e. The highest BCUT2D eigenvalue weighted by Crippen LogP contribution is 2.37. The zero-order chi connectivity index (χ0) is 15.7. The summed E-state index contributed by atoms with van der Waals surface area (Å²) >= 11 is 6.06. The van der Waals surface area contributed by atoms with Crippen LogP contribution in [0.25, 0.3) is 0 Å².